The summed E-state index contributed by atoms with van der Waals surface area (Å²) in [6.07, 6.45) is 1.29. The van der Waals surface area contributed by atoms with Crippen molar-refractivity contribution < 1.29 is 17.5 Å². The van der Waals surface area contributed by atoms with E-state index in [2.05, 4.69) is 275 Å². The zero-order valence-electron chi connectivity index (χ0n) is 45.5. The van der Waals surface area contributed by atoms with Crippen LogP contribution in [-0.2, 0) is 17.5 Å². The maximum absolute atomic E-state index is 19.8. The van der Waals surface area contributed by atoms with Crippen molar-refractivity contribution in [3.63, 3.8) is 0 Å². The van der Waals surface area contributed by atoms with Crippen molar-refractivity contribution >= 4 is 76.1 Å². The second-order valence-electron chi connectivity index (χ2n) is 20.9. The first-order chi connectivity index (χ1) is 37.3. The molecule has 0 aromatic heterocycles. The van der Waals surface area contributed by atoms with Gasteiger partial charge in [0.25, 0.3) is 0 Å². The fourth-order valence-corrected chi connectivity index (χ4v) is 37.0. The van der Waals surface area contributed by atoms with Crippen LogP contribution in [0.2, 0.25) is 0 Å². The van der Waals surface area contributed by atoms with Crippen LogP contribution < -0.4 is 47.7 Å². The Kier molecular flexibility index (Phi) is 16.9. The molecule has 0 unspecified atom stereocenters. The van der Waals surface area contributed by atoms with Crippen molar-refractivity contribution in [2.24, 2.45) is 0 Å². The SMILES string of the molecule is CN(C)CCP(OP(=O)(OP(CCN(C)C)(c1ccccc1)(c1ccccc1)c1ccccc1)OP(CCN(C)C)(c1ccccc1)(c1ccccc1)c1ccccc1)(c1ccccc1)(c1ccccc1)c1ccccc1. The summed E-state index contributed by atoms with van der Waals surface area (Å²) in [6.45, 7) is -12.5. The van der Waals surface area contributed by atoms with Gasteiger partial charge < -0.3 is 0 Å². The fourth-order valence-electron chi connectivity index (χ4n) is 11.6. The van der Waals surface area contributed by atoms with E-state index in [4.69, 9.17) is 12.9 Å². The Hall–Kier alpha value is -5.74. The third-order valence-electron chi connectivity index (χ3n) is 15.5. The number of rotatable bonds is 24. The van der Waals surface area contributed by atoms with Crippen LogP contribution in [0.25, 0.3) is 0 Å². The van der Waals surface area contributed by atoms with Crippen LogP contribution in [0.3, 0.4) is 0 Å². The van der Waals surface area contributed by atoms with E-state index in [1.54, 1.807) is 0 Å². The summed E-state index contributed by atoms with van der Waals surface area (Å²) in [5.74, 6) is 0. The Morgan fingerprint density at radius 3 is 0.506 bits per heavy atom. The molecule has 0 bridgehead atoms. The summed E-state index contributed by atoms with van der Waals surface area (Å²) in [5.41, 5.74) is 0. The monoisotopic (exact) mass is 1100 g/mol. The van der Waals surface area contributed by atoms with E-state index in [0.717, 1.165) is 47.7 Å². The van der Waals surface area contributed by atoms with Crippen LogP contribution in [-0.4, -0.2) is 95.1 Å². The number of phosphoric acid groups is 1. The van der Waals surface area contributed by atoms with Gasteiger partial charge in [0.2, 0.25) is 0 Å². The van der Waals surface area contributed by atoms with Crippen molar-refractivity contribution in [3.05, 3.63) is 273 Å². The molecule has 9 rings (SSSR count). The van der Waals surface area contributed by atoms with Crippen LogP contribution in [0.4, 0.5) is 0 Å². The van der Waals surface area contributed by atoms with Gasteiger partial charge in [-0.1, -0.05) is 0 Å². The molecule has 0 radical (unpaired) electrons. The van der Waals surface area contributed by atoms with E-state index in [9.17, 15) is 0 Å². The Labute approximate surface area is 459 Å². The predicted octanol–water partition coefficient (Wildman–Crippen LogP) is 11.2. The van der Waals surface area contributed by atoms with E-state index >= 15 is 4.57 Å². The average molecular weight is 1100 g/mol. The summed E-state index contributed by atoms with van der Waals surface area (Å²) in [6, 6.07) is 95.0. The van der Waals surface area contributed by atoms with Gasteiger partial charge in [-0.05, 0) is 0 Å². The number of benzene rings is 9. The first-order valence-electron chi connectivity index (χ1n) is 26.6. The molecule has 0 amide bonds. The summed E-state index contributed by atoms with van der Waals surface area (Å²) in [5, 5.41) is 8.17. The Morgan fingerprint density at radius 1 is 0.260 bits per heavy atom. The fraction of sp³-hybridized carbons (Fsp3) is 0.182. The van der Waals surface area contributed by atoms with Crippen LogP contribution in [0.1, 0.15) is 0 Å². The second kappa shape index (κ2) is 23.3. The van der Waals surface area contributed by atoms with Gasteiger partial charge in [-0.25, -0.2) is 0 Å². The molecule has 0 saturated carbocycles. The first kappa shape index (κ1) is 56.0. The molecule has 9 aromatic carbocycles. The molecular formula is C66H75N3O4P4. The van der Waals surface area contributed by atoms with Gasteiger partial charge in [-0.15, -0.1) is 0 Å². The van der Waals surface area contributed by atoms with E-state index < -0.39 is 28.3 Å². The summed E-state index contributed by atoms with van der Waals surface area (Å²) in [7, 11) is 7.26. The molecule has 0 saturated heterocycles. The van der Waals surface area contributed by atoms with E-state index in [1.807, 2.05) is 54.6 Å². The Morgan fingerprint density at radius 2 is 0.390 bits per heavy atom. The van der Waals surface area contributed by atoms with Crippen molar-refractivity contribution in [2.75, 3.05) is 80.4 Å². The Balaban J connectivity index is 1.58. The molecule has 0 spiro atoms. The van der Waals surface area contributed by atoms with Crippen LogP contribution in [0.5, 0.6) is 0 Å². The van der Waals surface area contributed by atoms with Crippen LogP contribution in [0, 0.1) is 0 Å². The predicted molar refractivity (Wildman–Crippen MR) is 337 cm³/mol. The van der Waals surface area contributed by atoms with Gasteiger partial charge in [0.15, 0.2) is 0 Å². The summed E-state index contributed by atoms with van der Waals surface area (Å²) in [4.78, 5) is 6.61. The van der Waals surface area contributed by atoms with E-state index in [1.165, 1.54) is 0 Å². The number of hydrogen-bond acceptors (Lipinski definition) is 7. The zero-order valence-corrected chi connectivity index (χ0v) is 49.1. The van der Waals surface area contributed by atoms with Crippen molar-refractivity contribution in [1.82, 2.24) is 14.7 Å². The molecule has 398 valence electrons. The molecule has 0 aliphatic rings. The molecule has 0 aliphatic heterocycles. The van der Waals surface area contributed by atoms with Gasteiger partial charge in [0, 0.05) is 0 Å². The standard InChI is InChI=1S/C66H75N3O4P4/c1-67(2)52-55-75(58-34-16-7-17-35-58,59-36-18-8-19-37-59,60-38-20-9-21-39-60)71-74(70,72-76(56-53-68(3)4,61-40-22-10-23-41-61,62-42-24-11-25-43-62)63-44-26-12-27-45-63)73-77(57-54-69(5)6,64-46-28-13-29-47-64,65-48-30-14-31-49-65)66-50-32-15-33-51-66/h7-51H,52-57H2,1-6H3. The maximum atomic E-state index is 19.8. The first-order valence-corrected chi connectivity index (χ1v) is 35.0. The third-order valence-corrected chi connectivity index (χ3v) is 37.9. The normalized spacial score (nSPS) is 14.6. The molecule has 77 heavy (non-hydrogen) atoms. The van der Waals surface area contributed by atoms with E-state index in [0.29, 0.717) is 38.1 Å². The van der Waals surface area contributed by atoms with Gasteiger partial charge in [-0.2, -0.15) is 0 Å². The number of nitrogens with zero attached hydrogens (tertiary/aromatic N) is 3. The van der Waals surface area contributed by atoms with Crippen LogP contribution >= 0.6 is 28.3 Å². The molecule has 0 aliphatic carbocycles. The van der Waals surface area contributed by atoms with Gasteiger partial charge in [-0.3, -0.25) is 0 Å². The minimum absolute atomic E-state index is 0.429. The van der Waals surface area contributed by atoms with Crippen LogP contribution in [0.15, 0.2) is 273 Å². The second-order valence-corrected chi connectivity index (χ2v) is 37.1. The molecule has 11 heteroatoms. The molecule has 0 heterocycles. The minimum atomic E-state index is -5.33. The van der Waals surface area contributed by atoms with Gasteiger partial charge >= 0.3 is 462 Å². The topological polar surface area (TPSA) is 54.5 Å². The molecule has 0 atom stereocenters. The zero-order chi connectivity index (χ0) is 54.0. The molecule has 0 N–H and O–H groups in total. The molecule has 7 nitrogen and oxygen atoms in total. The Bertz CT molecular complexity index is 2670. The number of hydrogen-bond donors (Lipinski definition) is 0. The average Bonchev–Trinajstić information content (AvgIpc) is 3.50. The van der Waals surface area contributed by atoms with Crippen molar-refractivity contribution in [2.45, 2.75) is 0 Å². The summed E-state index contributed by atoms with van der Waals surface area (Å²) >= 11 is 0. The molecular weight excluding hydrogens is 1020 g/mol. The molecule has 9 aromatic rings. The molecule has 0 fully saturated rings. The van der Waals surface area contributed by atoms with Crippen molar-refractivity contribution in [3.8, 4) is 0 Å². The summed E-state index contributed by atoms with van der Waals surface area (Å²) < 4.78 is 46.4. The third kappa shape index (κ3) is 10.1. The quantitative estimate of drug-likeness (QED) is 0.0559. The van der Waals surface area contributed by atoms with E-state index in [-0.39, 0.29) is 0 Å². The van der Waals surface area contributed by atoms with Gasteiger partial charge in [0.1, 0.15) is 0 Å². The van der Waals surface area contributed by atoms with Crippen molar-refractivity contribution in [1.29, 1.82) is 0 Å². The van der Waals surface area contributed by atoms with Gasteiger partial charge in [0.05, 0.1) is 0 Å².